The fourth-order valence-electron chi connectivity index (χ4n) is 3.96. The van der Waals surface area contributed by atoms with Gasteiger partial charge in [0.1, 0.15) is 29.9 Å². The quantitative estimate of drug-likeness (QED) is 0.121. The number of thiazole rings is 1. The van der Waals surface area contributed by atoms with Crippen molar-refractivity contribution in [1.29, 1.82) is 0 Å². The SMILES string of the molecule is CON=C(C(=O)N[C@@H]1C(=O)N2C(C(=O)O)=C(CSN3C=C4N=C(C)C=C(O)N4N3)CS[C@H]12)c1csc(N)n1. The molecule has 5 heterocycles. The summed E-state index contributed by atoms with van der Waals surface area (Å²) in [7, 11) is 1.27. The van der Waals surface area contributed by atoms with Gasteiger partial charge in [-0.3, -0.25) is 14.5 Å². The average Bonchev–Trinajstić information content (AvgIpc) is 3.49. The molecular weight excluding hydrogens is 558 g/mol. The summed E-state index contributed by atoms with van der Waals surface area (Å²) < 4.78 is 1.59. The molecule has 6 N–H and O–H groups in total. The molecule has 4 aliphatic heterocycles. The first-order valence-electron chi connectivity index (χ1n) is 10.9. The molecule has 0 bridgehead atoms. The lowest BCUT2D eigenvalue weighted by molar-refractivity contribution is -0.150. The number of oxime groups is 1. The number of carbonyl (C=O) groups is 3. The highest BCUT2D eigenvalue weighted by molar-refractivity contribution is 8.00. The molecule has 0 spiro atoms. The van der Waals surface area contributed by atoms with Crippen molar-refractivity contribution in [2.24, 2.45) is 10.1 Å². The van der Waals surface area contributed by atoms with Crippen LogP contribution in [0.2, 0.25) is 0 Å². The number of aliphatic hydroxyl groups is 1. The van der Waals surface area contributed by atoms with Gasteiger partial charge >= 0.3 is 5.97 Å². The molecule has 1 aromatic rings. The number of hydrogen-bond donors (Lipinski definition) is 5. The summed E-state index contributed by atoms with van der Waals surface area (Å²) in [6, 6.07) is -0.953. The second-order valence-corrected chi connectivity index (χ2v) is 11.0. The van der Waals surface area contributed by atoms with Crippen LogP contribution in [0.5, 0.6) is 0 Å². The molecule has 1 saturated heterocycles. The second-order valence-electron chi connectivity index (χ2n) is 8.09. The van der Waals surface area contributed by atoms with Crippen LogP contribution in [0.15, 0.2) is 50.8 Å². The van der Waals surface area contributed by atoms with Gasteiger partial charge in [-0.05, 0) is 24.4 Å². The zero-order valence-corrected chi connectivity index (χ0v) is 22.3. The third-order valence-corrected chi connectivity index (χ3v) is 8.55. The lowest BCUT2D eigenvalue weighted by Crippen LogP contribution is -2.71. The summed E-state index contributed by atoms with van der Waals surface area (Å²) in [5, 5.41) is 28.9. The van der Waals surface area contributed by atoms with Gasteiger partial charge in [0.05, 0.1) is 6.20 Å². The molecule has 0 radical (unpaired) electrons. The highest BCUT2D eigenvalue weighted by Gasteiger charge is 2.54. The van der Waals surface area contributed by atoms with E-state index in [2.05, 4.69) is 26.0 Å². The van der Waals surface area contributed by atoms with Crippen LogP contribution in [0.3, 0.4) is 0 Å². The van der Waals surface area contributed by atoms with E-state index in [9.17, 15) is 24.6 Å². The molecule has 1 aromatic heterocycles. The Hall–Kier alpha value is -3.74. The zero-order valence-electron chi connectivity index (χ0n) is 19.8. The van der Waals surface area contributed by atoms with Gasteiger partial charge < -0.3 is 26.1 Å². The standard InChI is InChI=1S/C20H21N9O6S3/c1-8-3-12(30)29-11(22-8)4-27(26-29)38-6-9-5-36-18-14(17(32)28(18)15(9)19(33)34)24-16(31)13(25-35-2)10-7-37-20(21)23-10/h3-4,7,14,18,26,30H,5-6H2,1-2H3,(H2,21,23)(H,24,31)(H,33,34)/t14-,18-/m1/s1. The number of carboxylic acids is 1. The van der Waals surface area contributed by atoms with Gasteiger partial charge in [0.25, 0.3) is 11.8 Å². The Morgan fingerprint density at radius 3 is 2.92 bits per heavy atom. The van der Waals surface area contributed by atoms with Crippen LogP contribution < -0.4 is 16.6 Å². The summed E-state index contributed by atoms with van der Waals surface area (Å²) >= 11 is 3.70. The summed E-state index contributed by atoms with van der Waals surface area (Å²) in [6.07, 6.45) is 3.16. The third kappa shape index (κ3) is 4.66. The van der Waals surface area contributed by atoms with Crippen molar-refractivity contribution in [3.8, 4) is 0 Å². The third-order valence-electron chi connectivity index (χ3n) is 5.59. The number of aliphatic imine (C=N–C) groups is 1. The van der Waals surface area contributed by atoms with E-state index in [1.165, 1.54) is 52.2 Å². The molecule has 1 fully saturated rings. The molecule has 15 nitrogen and oxygen atoms in total. The van der Waals surface area contributed by atoms with E-state index in [4.69, 9.17) is 10.6 Å². The molecule has 0 saturated carbocycles. The Morgan fingerprint density at radius 2 is 2.24 bits per heavy atom. The van der Waals surface area contributed by atoms with Crippen molar-refractivity contribution in [2.75, 3.05) is 24.3 Å². The van der Waals surface area contributed by atoms with E-state index in [0.29, 0.717) is 22.9 Å². The summed E-state index contributed by atoms with van der Waals surface area (Å²) in [5.41, 5.74) is 9.68. The number of β-lactam (4-membered cyclic amide) rings is 1. The van der Waals surface area contributed by atoms with E-state index in [1.807, 2.05) is 0 Å². The minimum atomic E-state index is -1.24. The van der Waals surface area contributed by atoms with E-state index < -0.39 is 29.2 Å². The Labute approximate surface area is 227 Å². The largest absolute Gasteiger partial charge is 0.493 e. The van der Waals surface area contributed by atoms with Gasteiger partial charge in [-0.25, -0.2) is 24.2 Å². The minimum Gasteiger partial charge on any atom is -0.493 e. The number of aliphatic hydroxyl groups excluding tert-OH is 1. The van der Waals surface area contributed by atoms with E-state index in [1.54, 1.807) is 17.5 Å². The Kier molecular flexibility index (Phi) is 6.95. The molecular formula is C20H21N9O6S3. The first kappa shape index (κ1) is 25.9. The number of hydrogen-bond acceptors (Lipinski definition) is 15. The van der Waals surface area contributed by atoms with Crippen LogP contribution >= 0.6 is 35.0 Å². The lowest BCUT2D eigenvalue weighted by Gasteiger charge is -2.49. The van der Waals surface area contributed by atoms with Crippen molar-refractivity contribution in [1.82, 2.24) is 30.2 Å². The number of nitrogens with one attached hydrogen (secondary N) is 2. The fraction of sp³-hybridized carbons (Fsp3) is 0.300. The molecule has 0 aromatic carbocycles. The Bertz CT molecular complexity index is 1370. The molecule has 38 heavy (non-hydrogen) atoms. The van der Waals surface area contributed by atoms with Gasteiger partial charge in [-0.15, -0.1) is 28.6 Å². The molecule has 2 atom stereocenters. The molecule has 2 amide bonds. The van der Waals surface area contributed by atoms with Crippen LogP contribution in [0, 0.1) is 0 Å². The Balaban J connectivity index is 1.27. The predicted octanol–water partition coefficient (Wildman–Crippen LogP) is 0.173. The monoisotopic (exact) mass is 579 g/mol. The topological polar surface area (TPSA) is 198 Å². The van der Waals surface area contributed by atoms with E-state index in [-0.39, 0.29) is 33.9 Å². The molecule has 4 aliphatic rings. The number of nitrogens with two attached hydrogens (primary N) is 1. The lowest BCUT2D eigenvalue weighted by atomic mass is 10.0. The second kappa shape index (κ2) is 10.2. The first-order chi connectivity index (χ1) is 18.2. The molecule has 18 heteroatoms. The number of aliphatic carboxylic acids is 1. The maximum absolute atomic E-state index is 13.0. The molecule has 5 rings (SSSR count). The van der Waals surface area contributed by atoms with Crippen molar-refractivity contribution in [3.63, 3.8) is 0 Å². The number of carboxylic acid groups (broad SMARTS) is 1. The summed E-state index contributed by atoms with van der Waals surface area (Å²) in [4.78, 5) is 52.4. The number of amides is 2. The van der Waals surface area contributed by atoms with Gasteiger partial charge in [0, 0.05) is 28.7 Å². The molecule has 0 unspecified atom stereocenters. The zero-order chi connectivity index (χ0) is 27.1. The van der Waals surface area contributed by atoms with Crippen LogP contribution in [0.4, 0.5) is 5.13 Å². The summed E-state index contributed by atoms with van der Waals surface area (Å²) in [5.74, 6) is -1.46. The van der Waals surface area contributed by atoms with Crippen LogP contribution in [-0.4, -0.2) is 88.8 Å². The smallest absolute Gasteiger partial charge is 0.352 e. The molecule has 0 aliphatic carbocycles. The predicted molar refractivity (Wildman–Crippen MR) is 141 cm³/mol. The van der Waals surface area contributed by atoms with Crippen molar-refractivity contribution < 1.29 is 29.4 Å². The van der Waals surface area contributed by atoms with E-state index >= 15 is 0 Å². The fourth-order valence-corrected chi connectivity index (χ4v) is 6.83. The highest BCUT2D eigenvalue weighted by Crippen LogP contribution is 2.41. The number of anilines is 1. The normalized spacial score (nSPS) is 22.8. The van der Waals surface area contributed by atoms with Gasteiger partial charge in [0.2, 0.25) is 5.88 Å². The number of aromatic nitrogens is 1. The number of fused-ring (bicyclic) bond motifs is 2. The first-order valence-corrected chi connectivity index (χ1v) is 13.7. The maximum Gasteiger partial charge on any atom is 0.352 e. The Morgan fingerprint density at radius 1 is 1.45 bits per heavy atom. The van der Waals surface area contributed by atoms with Crippen LogP contribution in [0.1, 0.15) is 12.6 Å². The maximum atomic E-state index is 13.0. The van der Waals surface area contributed by atoms with Crippen molar-refractivity contribution in [2.45, 2.75) is 18.3 Å². The highest BCUT2D eigenvalue weighted by atomic mass is 32.2. The average molecular weight is 580 g/mol. The number of nitrogen functional groups attached to an aromatic ring is 1. The number of rotatable bonds is 8. The number of carbonyl (C=O) groups excluding carboxylic acids is 2. The van der Waals surface area contributed by atoms with Gasteiger partial charge in [-0.1, -0.05) is 5.16 Å². The van der Waals surface area contributed by atoms with Gasteiger partial charge in [-0.2, -0.15) is 0 Å². The van der Waals surface area contributed by atoms with Crippen LogP contribution in [0.25, 0.3) is 0 Å². The van der Waals surface area contributed by atoms with Crippen LogP contribution in [-0.2, 0) is 19.2 Å². The number of thioether (sulfide) groups is 1. The summed E-state index contributed by atoms with van der Waals surface area (Å²) in [6.45, 7) is 1.75. The van der Waals surface area contributed by atoms with Gasteiger partial charge in [0.15, 0.2) is 16.7 Å². The van der Waals surface area contributed by atoms with Crippen molar-refractivity contribution >= 4 is 69.4 Å². The van der Waals surface area contributed by atoms with Crippen molar-refractivity contribution in [3.05, 3.63) is 46.3 Å². The van der Waals surface area contributed by atoms with E-state index in [0.717, 1.165) is 11.3 Å². The minimum absolute atomic E-state index is 0.0235. The number of hydrazine groups is 2. The molecule has 200 valence electrons. The number of allylic oxidation sites excluding steroid dienone is 1. The number of nitrogens with zero attached hydrogens (tertiary/aromatic N) is 6.